The van der Waals surface area contributed by atoms with Crippen LogP contribution < -0.4 is 5.32 Å². The Morgan fingerprint density at radius 3 is 2.96 bits per heavy atom. The lowest BCUT2D eigenvalue weighted by Gasteiger charge is -2.36. The molecular weight excluding hydrogens is 338 g/mol. The molecule has 3 aromatic rings. The van der Waals surface area contributed by atoms with Crippen molar-refractivity contribution in [2.24, 2.45) is 0 Å². The lowest BCUT2D eigenvalue weighted by Crippen LogP contribution is -2.49. The summed E-state index contributed by atoms with van der Waals surface area (Å²) in [6, 6.07) is 11.8. The van der Waals surface area contributed by atoms with Gasteiger partial charge in [-0.2, -0.15) is 5.10 Å². The molecule has 1 atom stereocenters. The molecule has 4 rings (SSSR count). The van der Waals surface area contributed by atoms with E-state index in [1.807, 2.05) is 47.5 Å². The number of carbonyl (C=O) groups excluding carboxylic acids is 1. The van der Waals surface area contributed by atoms with E-state index in [-0.39, 0.29) is 24.4 Å². The van der Waals surface area contributed by atoms with Gasteiger partial charge in [0.2, 0.25) is 5.91 Å². The largest absolute Gasteiger partial charge is 0.333 e. The van der Waals surface area contributed by atoms with Crippen molar-refractivity contribution >= 4 is 29.2 Å². The molecule has 7 heteroatoms. The number of aromatic nitrogens is 3. The summed E-state index contributed by atoms with van der Waals surface area (Å²) in [5.74, 6) is 0.111. The Labute approximate surface area is 152 Å². The van der Waals surface area contributed by atoms with Gasteiger partial charge in [-0.15, -0.1) is 12.4 Å². The number of benzene rings is 1. The monoisotopic (exact) mass is 357 g/mol. The maximum atomic E-state index is 12.9. The summed E-state index contributed by atoms with van der Waals surface area (Å²) in [4.78, 5) is 19.1. The highest BCUT2D eigenvalue weighted by Crippen LogP contribution is 2.23. The van der Waals surface area contributed by atoms with Crippen LogP contribution in [0.15, 0.2) is 48.8 Å². The van der Waals surface area contributed by atoms with Gasteiger partial charge in [0.25, 0.3) is 0 Å². The summed E-state index contributed by atoms with van der Waals surface area (Å²) in [6.07, 6.45) is 3.92. The number of H-pyrrole nitrogens is 1. The Morgan fingerprint density at radius 1 is 1.24 bits per heavy atom. The molecule has 25 heavy (non-hydrogen) atoms. The minimum Gasteiger partial charge on any atom is -0.333 e. The molecule has 0 radical (unpaired) electrons. The van der Waals surface area contributed by atoms with Crippen LogP contribution in [0.1, 0.15) is 17.3 Å². The van der Waals surface area contributed by atoms with Crippen LogP contribution in [0.5, 0.6) is 0 Å². The lowest BCUT2D eigenvalue weighted by atomic mass is 10.0. The van der Waals surface area contributed by atoms with Crippen molar-refractivity contribution in [3.8, 4) is 0 Å². The molecule has 1 unspecified atom stereocenters. The van der Waals surface area contributed by atoms with Gasteiger partial charge in [-0.3, -0.25) is 14.9 Å². The molecule has 0 bridgehead atoms. The molecule has 130 valence electrons. The smallest absolute Gasteiger partial charge is 0.229 e. The van der Waals surface area contributed by atoms with Crippen molar-refractivity contribution in [3.63, 3.8) is 0 Å². The Kier molecular flexibility index (Phi) is 5.31. The minimum absolute atomic E-state index is 0. The molecule has 6 nitrogen and oxygen atoms in total. The van der Waals surface area contributed by atoms with Gasteiger partial charge in [0, 0.05) is 37.4 Å². The first-order valence-electron chi connectivity index (χ1n) is 8.15. The predicted octanol–water partition coefficient (Wildman–Crippen LogP) is 2.10. The van der Waals surface area contributed by atoms with E-state index in [2.05, 4.69) is 20.5 Å². The first-order valence-corrected chi connectivity index (χ1v) is 8.15. The van der Waals surface area contributed by atoms with E-state index in [9.17, 15) is 4.79 Å². The Hall–Kier alpha value is -2.44. The Morgan fingerprint density at radius 2 is 2.12 bits per heavy atom. The standard InChI is InChI=1S/C18H19N5O.ClH/c24-18(10-16-14-5-1-2-6-15(14)21-22-16)23-9-8-20-12-17(23)13-4-3-7-19-11-13;/h1-7,11,17,20H,8-10,12H2,(H,21,22);1H. The zero-order valence-electron chi connectivity index (χ0n) is 13.7. The number of hydrogen-bond donors (Lipinski definition) is 2. The molecule has 2 aromatic heterocycles. The van der Waals surface area contributed by atoms with E-state index in [1.165, 1.54) is 0 Å². The summed E-state index contributed by atoms with van der Waals surface area (Å²) in [7, 11) is 0. The van der Waals surface area contributed by atoms with Crippen LogP contribution >= 0.6 is 12.4 Å². The van der Waals surface area contributed by atoms with Crippen molar-refractivity contribution in [2.75, 3.05) is 19.6 Å². The van der Waals surface area contributed by atoms with E-state index < -0.39 is 0 Å². The molecular formula is C18H20ClN5O. The number of halogens is 1. The number of rotatable bonds is 3. The number of carbonyl (C=O) groups is 1. The number of piperazine rings is 1. The molecule has 0 saturated carbocycles. The van der Waals surface area contributed by atoms with Crippen molar-refractivity contribution in [2.45, 2.75) is 12.5 Å². The second kappa shape index (κ2) is 7.63. The van der Waals surface area contributed by atoms with Gasteiger partial charge in [0.05, 0.1) is 23.7 Å². The highest BCUT2D eigenvalue weighted by atomic mass is 35.5. The van der Waals surface area contributed by atoms with E-state index in [4.69, 9.17) is 0 Å². The number of fused-ring (bicyclic) bond motifs is 1. The molecule has 1 fully saturated rings. The number of pyridine rings is 1. The van der Waals surface area contributed by atoms with Gasteiger partial charge in [0.15, 0.2) is 0 Å². The lowest BCUT2D eigenvalue weighted by molar-refractivity contribution is -0.133. The van der Waals surface area contributed by atoms with Crippen molar-refractivity contribution in [3.05, 3.63) is 60.0 Å². The fourth-order valence-electron chi connectivity index (χ4n) is 3.28. The predicted molar refractivity (Wildman–Crippen MR) is 98.6 cm³/mol. The number of hydrogen-bond acceptors (Lipinski definition) is 4. The topological polar surface area (TPSA) is 73.9 Å². The van der Waals surface area contributed by atoms with Crippen LogP contribution in [0.2, 0.25) is 0 Å². The average Bonchev–Trinajstić information content (AvgIpc) is 3.05. The SMILES string of the molecule is Cl.O=C(Cc1[nH]nc2ccccc12)N1CCNCC1c1cccnc1. The molecule has 0 aliphatic carbocycles. The maximum Gasteiger partial charge on any atom is 0.229 e. The van der Waals surface area contributed by atoms with E-state index in [0.717, 1.165) is 35.2 Å². The number of nitrogens with one attached hydrogen (secondary N) is 2. The fourth-order valence-corrected chi connectivity index (χ4v) is 3.28. The van der Waals surface area contributed by atoms with Gasteiger partial charge >= 0.3 is 0 Å². The van der Waals surface area contributed by atoms with Crippen LogP contribution in [0.25, 0.3) is 10.9 Å². The van der Waals surface area contributed by atoms with E-state index in [1.54, 1.807) is 6.20 Å². The summed E-state index contributed by atoms with van der Waals surface area (Å²) < 4.78 is 0. The van der Waals surface area contributed by atoms with Crippen molar-refractivity contribution in [1.82, 2.24) is 25.4 Å². The highest BCUT2D eigenvalue weighted by Gasteiger charge is 2.28. The third-order valence-corrected chi connectivity index (χ3v) is 4.50. The van der Waals surface area contributed by atoms with E-state index >= 15 is 0 Å². The maximum absolute atomic E-state index is 12.9. The molecule has 1 saturated heterocycles. The quantitative estimate of drug-likeness (QED) is 0.752. The average molecular weight is 358 g/mol. The molecule has 1 amide bonds. The number of amides is 1. The normalized spacial score (nSPS) is 17.3. The summed E-state index contributed by atoms with van der Waals surface area (Å²) in [5, 5.41) is 11.7. The third kappa shape index (κ3) is 3.50. The third-order valence-electron chi connectivity index (χ3n) is 4.50. The Bertz CT molecular complexity index is 851. The second-order valence-electron chi connectivity index (χ2n) is 5.99. The van der Waals surface area contributed by atoms with Crippen molar-refractivity contribution < 1.29 is 4.79 Å². The molecule has 1 aliphatic rings. The van der Waals surface area contributed by atoms with Crippen LogP contribution in [0.4, 0.5) is 0 Å². The Balaban J connectivity index is 0.00000182. The van der Waals surface area contributed by atoms with Crippen LogP contribution in [-0.2, 0) is 11.2 Å². The first-order chi connectivity index (χ1) is 11.8. The number of para-hydroxylation sites is 1. The molecule has 2 N–H and O–H groups in total. The molecule has 1 aliphatic heterocycles. The van der Waals surface area contributed by atoms with Crippen LogP contribution in [0, 0.1) is 0 Å². The summed E-state index contributed by atoms with van der Waals surface area (Å²) in [5.41, 5.74) is 2.83. The van der Waals surface area contributed by atoms with E-state index in [0.29, 0.717) is 13.0 Å². The summed E-state index contributed by atoms with van der Waals surface area (Å²) >= 11 is 0. The minimum atomic E-state index is 0. The zero-order valence-corrected chi connectivity index (χ0v) is 14.5. The second-order valence-corrected chi connectivity index (χ2v) is 5.99. The highest BCUT2D eigenvalue weighted by molar-refractivity contribution is 5.87. The van der Waals surface area contributed by atoms with Gasteiger partial charge in [-0.05, 0) is 17.7 Å². The molecule has 0 spiro atoms. The van der Waals surface area contributed by atoms with Gasteiger partial charge in [0.1, 0.15) is 0 Å². The van der Waals surface area contributed by atoms with Gasteiger partial charge in [-0.25, -0.2) is 0 Å². The number of aromatic amines is 1. The molecule has 3 heterocycles. The van der Waals surface area contributed by atoms with Gasteiger partial charge in [-0.1, -0.05) is 24.3 Å². The fraction of sp³-hybridized carbons (Fsp3) is 0.278. The van der Waals surface area contributed by atoms with Gasteiger partial charge < -0.3 is 10.2 Å². The summed E-state index contributed by atoms with van der Waals surface area (Å²) in [6.45, 7) is 2.26. The van der Waals surface area contributed by atoms with Crippen LogP contribution in [-0.4, -0.2) is 45.6 Å². The number of nitrogens with zero attached hydrogens (tertiary/aromatic N) is 3. The van der Waals surface area contributed by atoms with Crippen molar-refractivity contribution in [1.29, 1.82) is 0 Å². The first kappa shape index (κ1) is 17.4. The zero-order chi connectivity index (χ0) is 16.4. The molecule has 1 aromatic carbocycles. The van der Waals surface area contributed by atoms with Crippen LogP contribution in [0.3, 0.4) is 0 Å².